The Balaban J connectivity index is 2.22. The first-order valence-electron chi connectivity index (χ1n) is 5.81. The lowest BCUT2D eigenvalue weighted by molar-refractivity contribution is -0.384. The molecule has 0 N–H and O–H groups in total. The molecule has 0 amide bonds. The van der Waals surface area contributed by atoms with Gasteiger partial charge in [-0.1, -0.05) is 35.3 Å². The van der Waals surface area contributed by atoms with Crippen molar-refractivity contribution in [3.63, 3.8) is 0 Å². The van der Waals surface area contributed by atoms with Crippen LogP contribution in [0.1, 0.15) is 15.9 Å². The SMILES string of the molecule is O=Cc1cc(Cl)cc(Cl)c1OCc1cccc([N+](=O)[O-])c1. The molecule has 2 aromatic carbocycles. The monoisotopic (exact) mass is 325 g/mol. The van der Waals surface area contributed by atoms with Crippen molar-refractivity contribution >= 4 is 35.2 Å². The number of rotatable bonds is 5. The average Bonchev–Trinajstić information content (AvgIpc) is 2.45. The first-order valence-corrected chi connectivity index (χ1v) is 6.57. The van der Waals surface area contributed by atoms with Gasteiger partial charge in [0.25, 0.3) is 5.69 Å². The van der Waals surface area contributed by atoms with Gasteiger partial charge in [0.15, 0.2) is 6.29 Å². The zero-order chi connectivity index (χ0) is 15.4. The van der Waals surface area contributed by atoms with Crippen molar-refractivity contribution < 1.29 is 14.5 Å². The third-order valence-electron chi connectivity index (χ3n) is 2.67. The highest BCUT2D eigenvalue weighted by Crippen LogP contribution is 2.32. The van der Waals surface area contributed by atoms with E-state index in [1.165, 1.54) is 24.3 Å². The van der Waals surface area contributed by atoms with Crippen LogP contribution >= 0.6 is 23.2 Å². The van der Waals surface area contributed by atoms with Gasteiger partial charge in [0.05, 0.1) is 15.5 Å². The van der Waals surface area contributed by atoms with Gasteiger partial charge >= 0.3 is 0 Å². The van der Waals surface area contributed by atoms with Crippen molar-refractivity contribution in [2.45, 2.75) is 6.61 Å². The molecule has 21 heavy (non-hydrogen) atoms. The Bertz CT molecular complexity index is 703. The Kier molecular flexibility index (Phi) is 4.77. The molecule has 0 aliphatic heterocycles. The Hall–Kier alpha value is -2.11. The molecule has 2 rings (SSSR count). The molecule has 0 heterocycles. The summed E-state index contributed by atoms with van der Waals surface area (Å²) in [5.41, 5.74) is 0.777. The number of non-ortho nitro benzene ring substituents is 1. The van der Waals surface area contributed by atoms with Crippen molar-refractivity contribution in [2.24, 2.45) is 0 Å². The van der Waals surface area contributed by atoms with Crippen LogP contribution in [0.25, 0.3) is 0 Å². The maximum atomic E-state index is 11.0. The van der Waals surface area contributed by atoms with Gasteiger partial charge in [-0.2, -0.15) is 0 Å². The summed E-state index contributed by atoms with van der Waals surface area (Å²) >= 11 is 11.8. The molecule has 0 atom stereocenters. The highest BCUT2D eigenvalue weighted by molar-refractivity contribution is 6.36. The van der Waals surface area contributed by atoms with E-state index in [0.717, 1.165) is 0 Å². The lowest BCUT2D eigenvalue weighted by Gasteiger charge is -2.10. The van der Waals surface area contributed by atoms with Gasteiger partial charge in [-0.3, -0.25) is 14.9 Å². The van der Waals surface area contributed by atoms with E-state index in [-0.39, 0.29) is 28.6 Å². The Morgan fingerprint density at radius 3 is 2.67 bits per heavy atom. The molecule has 0 aromatic heterocycles. The Morgan fingerprint density at radius 1 is 1.24 bits per heavy atom. The normalized spacial score (nSPS) is 10.2. The maximum absolute atomic E-state index is 11.0. The summed E-state index contributed by atoms with van der Waals surface area (Å²) in [5.74, 6) is 0.197. The molecule has 5 nitrogen and oxygen atoms in total. The second-order valence-electron chi connectivity index (χ2n) is 4.14. The largest absolute Gasteiger partial charge is 0.487 e. The lowest BCUT2D eigenvalue weighted by atomic mass is 10.2. The van der Waals surface area contributed by atoms with Crippen LogP contribution in [0.4, 0.5) is 5.69 Å². The van der Waals surface area contributed by atoms with Gasteiger partial charge in [-0.25, -0.2) is 0 Å². The molecule has 0 radical (unpaired) electrons. The molecule has 0 bridgehead atoms. The van der Waals surface area contributed by atoms with Gasteiger partial charge in [0.1, 0.15) is 12.4 Å². The van der Waals surface area contributed by atoms with E-state index < -0.39 is 4.92 Å². The predicted molar refractivity (Wildman–Crippen MR) is 79.3 cm³/mol. The van der Waals surface area contributed by atoms with E-state index in [1.807, 2.05) is 0 Å². The second kappa shape index (κ2) is 6.56. The minimum atomic E-state index is -0.490. The summed E-state index contributed by atoms with van der Waals surface area (Å²) in [7, 11) is 0. The van der Waals surface area contributed by atoms with Crippen LogP contribution in [0.5, 0.6) is 5.75 Å². The number of nitrogens with zero attached hydrogens (tertiary/aromatic N) is 1. The fourth-order valence-corrected chi connectivity index (χ4v) is 2.30. The van der Waals surface area contributed by atoms with Gasteiger partial charge in [-0.05, 0) is 17.7 Å². The molecule has 2 aromatic rings. The molecular weight excluding hydrogens is 317 g/mol. The van der Waals surface area contributed by atoms with E-state index in [1.54, 1.807) is 12.1 Å². The summed E-state index contributed by atoms with van der Waals surface area (Å²) < 4.78 is 5.49. The van der Waals surface area contributed by atoms with Crippen LogP contribution in [0.15, 0.2) is 36.4 Å². The van der Waals surface area contributed by atoms with Crippen LogP contribution in [-0.2, 0) is 6.61 Å². The summed E-state index contributed by atoms with van der Waals surface area (Å²) in [6.45, 7) is 0.0455. The summed E-state index contributed by atoms with van der Waals surface area (Å²) in [6, 6.07) is 8.90. The quantitative estimate of drug-likeness (QED) is 0.467. The molecule has 0 unspecified atom stereocenters. The van der Waals surface area contributed by atoms with Crippen LogP contribution in [-0.4, -0.2) is 11.2 Å². The smallest absolute Gasteiger partial charge is 0.269 e. The zero-order valence-electron chi connectivity index (χ0n) is 10.6. The number of carbonyl (C=O) groups is 1. The Morgan fingerprint density at radius 2 is 2.00 bits per heavy atom. The standard InChI is InChI=1S/C14H9Cl2NO4/c15-11-5-10(7-18)14(13(16)6-11)21-8-9-2-1-3-12(4-9)17(19)20/h1-7H,8H2. The number of nitro groups is 1. The Labute approximate surface area is 130 Å². The number of hydrogen-bond acceptors (Lipinski definition) is 4. The van der Waals surface area contributed by atoms with Crippen molar-refractivity contribution in [2.75, 3.05) is 0 Å². The minimum absolute atomic E-state index is 0.0334. The van der Waals surface area contributed by atoms with Gasteiger partial charge in [-0.15, -0.1) is 0 Å². The molecule has 7 heteroatoms. The fourth-order valence-electron chi connectivity index (χ4n) is 1.74. The van der Waals surface area contributed by atoms with Crippen LogP contribution in [0.2, 0.25) is 10.0 Å². The average molecular weight is 326 g/mol. The third-order valence-corrected chi connectivity index (χ3v) is 3.17. The molecule has 0 aliphatic rings. The highest BCUT2D eigenvalue weighted by atomic mass is 35.5. The second-order valence-corrected chi connectivity index (χ2v) is 4.98. The summed E-state index contributed by atoms with van der Waals surface area (Å²) in [4.78, 5) is 21.2. The molecule has 0 saturated carbocycles. The van der Waals surface area contributed by atoms with E-state index in [4.69, 9.17) is 27.9 Å². The topological polar surface area (TPSA) is 69.4 Å². The number of aldehydes is 1. The van der Waals surface area contributed by atoms with Gasteiger partial charge in [0.2, 0.25) is 0 Å². The highest BCUT2D eigenvalue weighted by Gasteiger charge is 2.12. The fraction of sp³-hybridized carbons (Fsp3) is 0.0714. The first kappa shape index (κ1) is 15.3. The number of hydrogen-bond donors (Lipinski definition) is 0. The van der Waals surface area contributed by atoms with Crippen LogP contribution < -0.4 is 4.74 Å². The summed E-state index contributed by atoms with van der Waals surface area (Å²) in [5, 5.41) is 11.2. The molecule has 0 saturated heterocycles. The molecule has 0 spiro atoms. The van der Waals surface area contributed by atoms with E-state index >= 15 is 0 Å². The number of nitro benzene ring substituents is 1. The van der Waals surface area contributed by atoms with Crippen molar-refractivity contribution in [3.8, 4) is 5.75 Å². The molecular formula is C14H9Cl2NO4. The third kappa shape index (κ3) is 3.71. The number of benzene rings is 2. The number of carbonyl (C=O) groups excluding carboxylic acids is 1. The first-order chi connectivity index (χ1) is 10.0. The summed E-state index contributed by atoms with van der Waals surface area (Å²) in [6.07, 6.45) is 0.584. The van der Waals surface area contributed by atoms with Crippen molar-refractivity contribution in [1.82, 2.24) is 0 Å². The van der Waals surface area contributed by atoms with Crippen LogP contribution in [0.3, 0.4) is 0 Å². The zero-order valence-corrected chi connectivity index (χ0v) is 12.1. The number of halogens is 2. The maximum Gasteiger partial charge on any atom is 0.269 e. The molecule has 0 aliphatic carbocycles. The van der Waals surface area contributed by atoms with E-state index in [2.05, 4.69) is 0 Å². The minimum Gasteiger partial charge on any atom is -0.487 e. The lowest BCUT2D eigenvalue weighted by Crippen LogP contribution is -2.00. The number of ether oxygens (including phenoxy) is 1. The molecule has 108 valence electrons. The van der Waals surface area contributed by atoms with Gasteiger partial charge in [0, 0.05) is 17.2 Å². The van der Waals surface area contributed by atoms with E-state index in [9.17, 15) is 14.9 Å². The molecule has 0 fully saturated rings. The van der Waals surface area contributed by atoms with Crippen molar-refractivity contribution in [3.05, 3.63) is 67.7 Å². The van der Waals surface area contributed by atoms with Gasteiger partial charge < -0.3 is 4.74 Å². The van der Waals surface area contributed by atoms with E-state index in [0.29, 0.717) is 16.9 Å². The van der Waals surface area contributed by atoms with Crippen LogP contribution in [0, 0.1) is 10.1 Å². The van der Waals surface area contributed by atoms with Crippen molar-refractivity contribution in [1.29, 1.82) is 0 Å². The predicted octanol–water partition coefficient (Wildman–Crippen LogP) is 4.29.